The van der Waals surface area contributed by atoms with Crippen LogP contribution in [0.15, 0.2) is 47.4 Å². The zero-order valence-electron chi connectivity index (χ0n) is 15.1. The standard InChI is InChI=1S/C20H22N2O3S/c1-14(2)20(3,13-21)22-18(23)11-25-19(24)12-26-17-9-8-15-6-4-5-7-16(15)10-17/h4-10,14H,11-12H2,1-3H3,(H,22,23)/t20-/m1/s1. The quantitative estimate of drug-likeness (QED) is 0.596. The Morgan fingerprint density at radius 1 is 1.23 bits per heavy atom. The van der Waals surface area contributed by atoms with Crippen LogP contribution < -0.4 is 5.32 Å². The second-order valence-electron chi connectivity index (χ2n) is 6.48. The summed E-state index contributed by atoms with van der Waals surface area (Å²) in [7, 11) is 0. The molecular weight excluding hydrogens is 348 g/mol. The molecule has 0 aromatic heterocycles. The van der Waals surface area contributed by atoms with Gasteiger partial charge in [-0.2, -0.15) is 5.26 Å². The Kier molecular flexibility index (Phi) is 6.64. The average Bonchev–Trinajstić information content (AvgIpc) is 2.64. The molecule has 1 atom stereocenters. The summed E-state index contributed by atoms with van der Waals surface area (Å²) in [4.78, 5) is 24.7. The first-order valence-electron chi connectivity index (χ1n) is 8.33. The van der Waals surface area contributed by atoms with Gasteiger partial charge in [0.1, 0.15) is 5.54 Å². The van der Waals surface area contributed by atoms with E-state index in [1.54, 1.807) is 6.92 Å². The summed E-state index contributed by atoms with van der Waals surface area (Å²) in [5.74, 6) is -0.894. The van der Waals surface area contributed by atoms with E-state index in [0.717, 1.165) is 15.7 Å². The molecule has 136 valence electrons. The van der Waals surface area contributed by atoms with E-state index >= 15 is 0 Å². The van der Waals surface area contributed by atoms with E-state index in [2.05, 4.69) is 11.4 Å². The van der Waals surface area contributed by atoms with Crippen molar-refractivity contribution in [2.75, 3.05) is 12.4 Å². The van der Waals surface area contributed by atoms with Gasteiger partial charge in [-0.1, -0.05) is 44.2 Å². The monoisotopic (exact) mass is 370 g/mol. The van der Waals surface area contributed by atoms with Crippen molar-refractivity contribution in [2.24, 2.45) is 5.92 Å². The van der Waals surface area contributed by atoms with Gasteiger partial charge in [0.25, 0.3) is 5.91 Å². The van der Waals surface area contributed by atoms with Gasteiger partial charge in [-0.3, -0.25) is 9.59 Å². The highest BCUT2D eigenvalue weighted by molar-refractivity contribution is 8.00. The molecule has 0 aliphatic carbocycles. The normalized spacial score (nSPS) is 13.0. The van der Waals surface area contributed by atoms with E-state index in [1.807, 2.05) is 56.3 Å². The second kappa shape index (κ2) is 8.72. The number of hydrogen-bond donors (Lipinski definition) is 1. The number of amides is 1. The van der Waals surface area contributed by atoms with Gasteiger partial charge < -0.3 is 10.1 Å². The van der Waals surface area contributed by atoms with E-state index in [1.165, 1.54) is 11.8 Å². The van der Waals surface area contributed by atoms with Crippen molar-refractivity contribution >= 4 is 34.4 Å². The molecule has 2 rings (SSSR count). The van der Waals surface area contributed by atoms with Crippen molar-refractivity contribution in [2.45, 2.75) is 31.2 Å². The van der Waals surface area contributed by atoms with Crippen LogP contribution in [0.2, 0.25) is 0 Å². The molecule has 0 bridgehead atoms. The van der Waals surface area contributed by atoms with Crippen molar-refractivity contribution in [1.29, 1.82) is 5.26 Å². The molecule has 0 unspecified atom stereocenters. The minimum Gasteiger partial charge on any atom is -0.455 e. The third-order valence-corrected chi connectivity index (χ3v) is 5.20. The first-order valence-corrected chi connectivity index (χ1v) is 9.32. The molecule has 0 radical (unpaired) electrons. The Hall–Kier alpha value is -2.52. The van der Waals surface area contributed by atoms with Crippen LogP contribution in [-0.2, 0) is 14.3 Å². The Morgan fingerprint density at radius 2 is 1.92 bits per heavy atom. The number of carbonyl (C=O) groups excluding carboxylic acids is 2. The Morgan fingerprint density at radius 3 is 2.58 bits per heavy atom. The van der Waals surface area contributed by atoms with Crippen LogP contribution in [0.25, 0.3) is 10.8 Å². The van der Waals surface area contributed by atoms with Crippen molar-refractivity contribution in [3.63, 3.8) is 0 Å². The fourth-order valence-corrected chi connectivity index (χ4v) is 2.96. The van der Waals surface area contributed by atoms with Crippen LogP contribution in [0.1, 0.15) is 20.8 Å². The largest absolute Gasteiger partial charge is 0.455 e. The number of fused-ring (bicyclic) bond motifs is 1. The molecule has 0 saturated carbocycles. The third kappa shape index (κ3) is 5.24. The highest BCUT2D eigenvalue weighted by Crippen LogP contribution is 2.23. The summed E-state index contributed by atoms with van der Waals surface area (Å²) in [5.41, 5.74) is -0.983. The number of ether oxygens (including phenoxy) is 1. The van der Waals surface area contributed by atoms with Crippen LogP contribution in [0.4, 0.5) is 0 Å². The number of rotatable bonds is 7. The van der Waals surface area contributed by atoms with Crippen LogP contribution in [-0.4, -0.2) is 29.8 Å². The molecular formula is C20H22N2O3S. The third-order valence-electron chi connectivity index (χ3n) is 4.23. The number of esters is 1. The molecule has 0 fully saturated rings. The molecule has 0 heterocycles. The smallest absolute Gasteiger partial charge is 0.316 e. The first kappa shape index (κ1) is 19.8. The number of hydrogen-bond acceptors (Lipinski definition) is 5. The van der Waals surface area contributed by atoms with Crippen molar-refractivity contribution < 1.29 is 14.3 Å². The SMILES string of the molecule is CC(C)[C@@](C)(C#N)NC(=O)COC(=O)CSc1ccc2ccccc2c1. The van der Waals surface area contributed by atoms with Gasteiger partial charge in [-0.25, -0.2) is 0 Å². The fourth-order valence-electron chi connectivity index (χ4n) is 2.21. The Balaban J connectivity index is 1.81. The van der Waals surface area contributed by atoms with Gasteiger partial charge in [0.2, 0.25) is 0 Å². The maximum absolute atomic E-state index is 11.9. The highest BCUT2D eigenvalue weighted by atomic mass is 32.2. The number of thioether (sulfide) groups is 1. The number of carbonyl (C=O) groups is 2. The molecule has 2 aromatic rings. The van der Waals surface area contributed by atoms with Crippen molar-refractivity contribution in [3.05, 3.63) is 42.5 Å². The Labute approximate surface area is 157 Å². The predicted octanol–water partition coefficient (Wildman–Crippen LogP) is 3.53. The van der Waals surface area contributed by atoms with Gasteiger partial charge in [0.05, 0.1) is 11.8 Å². The molecule has 0 saturated heterocycles. The topological polar surface area (TPSA) is 79.2 Å². The number of nitrogens with one attached hydrogen (secondary N) is 1. The zero-order valence-corrected chi connectivity index (χ0v) is 15.9. The van der Waals surface area contributed by atoms with Crippen LogP contribution in [0, 0.1) is 17.2 Å². The lowest BCUT2D eigenvalue weighted by molar-refractivity contribution is -0.146. The van der Waals surface area contributed by atoms with E-state index in [4.69, 9.17) is 4.74 Å². The fraction of sp³-hybridized carbons (Fsp3) is 0.350. The summed E-state index contributed by atoms with van der Waals surface area (Å²) < 4.78 is 5.00. The molecule has 0 aliphatic rings. The van der Waals surface area contributed by atoms with E-state index < -0.39 is 17.4 Å². The van der Waals surface area contributed by atoms with Crippen molar-refractivity contribution in [3.8, 4) is 6.07 Å². The van der Waals surface area contributed by atoms with E-state index in [-0.39, 0.29) is 18.3 Å². The number of benzene rings is 2. The predicted molar refractivity (Wildman–Crippen MR) is 103 cm³/mol. The number of nitriles is 1. The molecule has 6 heteroatoms. The lowest BCUT2D eigenvalue weighted by Gasteiger charge is -2.27. The van der Waals surface area contributed by atoms with Gasteiger partial charge in [0, 0.05) is 4.90 Å². The molecule has 0 spiro atoms. The van der Waals surface area contributed by atoms with Gasteiger partial charge in [-0.05, 0) is 35.7 Å². The average molecular weight is 370 g/mol. The summed E-state index contributed by atoms with van der Waals surface area (Å²) in [5, 5.41) is 14.0. The lowest BCUT2D eigenvalue weighted by Crippen LogP contribution is -2.50. The Bertz CT molecular complexity index is 844. The van der Waals surface area contributed by atoms with Crippen LogP contribution >= 0.6 is 11.8 Å². The molecule has 0 aliphatic heterocycles. The molecule has 26 heavy (non-hydrogen) atoms. The summed E-state index contributed by atoms with van der Waals surface area (Å²) in [6.07, 6.45) is 0. The molecule has 1 N–H and O–H groups in total. The van der Waals surface area contributed by atoms with Crippen molar-refractivity contribution in [1.82, 2.24) is 5.32 Å². The molecule has 1 amide bonds. The molecule has 5 nitrogen and oxygen atoms in total. The maximum atomic E-state index is 11.9. The maximum Gasteiger partial charge on any atom is 0.316 e. The van der Waals surface area contributed by atoms with Crippen LogP contribution in [0.3, 0.4) is 0 Å². The summed E-state index contributed by atoms with van der Waals surface area (Å²) >= 11 is 1.36. The highest BCUT2D eigenvalue weighted by Gasteiger charge is 2.30. The summed E-state index contributed by atoms with van der Waals surface area (Å²) in [6.45, 7) is 4.94. The summed E-state index contributed by atoms with van der Waals surface area (Å²) in [6, 6.07) is 16.0. The van der Waals surface area contributed by atoms with Crippen LogP contribution in [0.5, 0.6) is 0 Å². The minimum absolute atomic E-state index is 0.0596. The van der Waals surface area contributed by atoms with Gasteiger partial charge in [0.15, 0.2) is 6.61 Å². The van der Waals surface area contributed by atoms with E-state index in [0.29, 0.717) is 0 Å². The second-order valence-corrected chi connectivity index (χ2v) is 7.52. The van der Waals surface area contributed by atoms with E-state index in [9.17, 15) is 14.9 Å². The van der Waals surface area contributed by atoms with Gasteiger partial charge in [-0.15, -0.1) is 11.8 Å². The molecule has 2 aromatic carbocycles. The first-order chi connectivity index (χ1) is 12.3. The lowest BCUT2D eigenvalue weighted by atomic mass is 9.90. The minimum atomic E-state index is -0.983. The number of nitrogens with zero attached hydrogens (tertiary/aromatic N) is 1. The van der Waals surface area contributed by atoms with Gasteiger partial charge >= 0.3 is 5.97 Å². The zero-order chi connectivity index (χ0) is 19.2.